The fraction of sp³-hybridized carbons (Fsp3) is 0.600. The van der Waals surface area contributed by atoms with E-state index in [2.05, 4.69) is 17.4 Å². The first-order valence-electron chi connectivity index (χ1n) is 6.85. The van der Waals surface area contributed by atoms with Crippen molar-refractivity contribution in [2.45, 2.75) is 38.3 Å². The molecule has 0 spiro atoms. The topological polar surface area (TPSA) is 30.5 Å². The van der Waals surface area contributed by atoms with Crippen LogP contribution in [-0.2, 0) is 4.74 Å². The second-order valence-corrected chi connectivity index (χ2v) is 4.73. The molecule has 3 nitrogen and oxygen atoms in total. The van der Waals surface area contributed by atoms with Crippen LogP contribution in [0.2, 0.25) is 0 Å². The SMILES string of the molecule is CCOc1ccc(C(COC2CCC2)NC)cc1. The molecule has 18 heavy (non-hydrogen) atoms. The van der Waals surface area contributed by atoms with Gasteiger partial charge in [-0.05, 0) is 50.9 Å². The van der Waals surface area contributed by atoms with Crippen LogP contribution < -0.4 is 10.1 Å². The number of rotatable bonds is 7. The summed E-state index contributed by atoms with van der Waals surface area (Å²) in [6.45, 7) is 3.45. The summed E-state index contributed by atoms with van der Waals surface area (Å²) < 4.78 is 11.3. The molecule has 3 heteroatoms. The number of ether oxygens (including phenoxy) is 2. The second kappa shape index (κ2) is 6.76. The van der Waals surface area contributed by atoms with Crippen LogP contribution in [0.1, 0.15) is 37.8 Å². The van der Waals surface area contributed by atoms with Gasteiger partial charge in [-0.3, -0.25) is 0 Å². The Kier molecular flexibility index (Phi) is 5.02. The van der Waals surface area contributed by atoms with Crippen LogP contribution in [0, 0.1) is 0 Å². The van der Waals surface area contributed by atoms with Crippen molar-refractivity contribution in [3.05, 3.63) is 29.8 Å². The predicted molar refractivity (Wildman–Crippen MR) is 73.0 cm³/mol. The average molecular weight is 249 g/mol. The first kappa shape index (κ1) is 13.4. The van der Waals surface area contributed by atoms with Crippen molar-refractivity contribution < 1.29 is 9.47 Å². The Morgan fingerprint density at radius 3 is 2.50 bits per heavy atom. The van der Waals surface area contributed by atoms with E-state index in [1.807, 2.05) is 26.1 Å². The minimum atomic E-state index is 0.265. The van der Waals surface area contributed by atoms with Gasteiger partial charge in [0.2, 0.25) is 0 Å². The molecule has 0 radical (unpaired) electrons. The maximum atomic E-state index is 5.87. The second-order valence-electron chi connectivity index (χ2n) is 4.73. The number of hydrogen-bond acceptors (Lipinski definition) is 3. The zero-order valence-corrected chi connectivity index (χ0v) is 11.3. The highest BCUT2D eigenvalue weighted by molar-refractivity contribution is 5.29. The molecule has 1 saturated carbocycles. The Bertz CT molecular complexity index is 346. The van der Waals surface area contributed by atoms with Crippen molar-refractivity contribution in [3.63, 3.8) is 0 Å². The molecule has 0 saturated heterocycles. The molecule has 1 aromatic carbocycles. The van der Waals surface area contributed by atoms with Gasteiger partial charge in [-0.15, -0.1) is 0 Å². The molecule has 1 N–H and O–H groups in total. The van der Waals surface area contributed by atoms with E-state index in [1.165, 1.54) is 24.8 Å². The van der Waals surface area contributed by atoms with Crippen molar-refractivity contribution in [2.24, 2.45) is 0 Å². The molecule has 0 bridgehead atoms. The fourth-order valence-corrected chi connectivity index (χ4v) is 2.08. The van der Waals surface area contributed by atoms with Crippen LogP contribution in [0.5, 0.6) is 5.75 Å². The van der Waals surface area contributed by atoms with Crippen molar-refractivity contribution in [1.29, 1.82) is 0 Å². The Labute approximate surface area is 109 Å². The number of benzene rings is 1. The Hall–Kier alpha value is -1.06. The number of nitrogens with one attached hydrogen (secondary N) is 1. The first-order chi connectivity index (χ1) is 8.83. The summed E-state index contributed by atoms with van der Waals surface area (Å²) in [5, 5.41) is 3.31. The lowest BCUT2D eigenvalue weighted by molar-refractivity contribution is -0.00794. The van der Waals surface area contributed by atoms with Gasteiger partial charge in [0, 0.05) is 0 Å². The normalized spacial score (nSPS) is 17.2. The number of hydrogen-bond donors (Lipinski definition) is 1. The van der Waals surface area contributed by atoms with Gasteiger partial charge in [-0.25, -0.2) is 0 Å². The summed E-state index contributed by atoms with van der Waals surface area (Å²) in [6.07, 6.45) is 4.25. The van der Waals surface area contributed by atoms with E-state index in [1.54, 1.807) is 0 Å². The molecule has 2 rings (SSSR count). The van der Waals surface area contributed by atoms with Crippen molar-refractivity contribution >= 4 is 0 Å². The van der Waals surface area contributed by atoms with Crippen molar-refractivity contribution in [3.8, 4) is 5.75 Å². The van der Waals surface area contributed by atoms with E-state index >= 15 is 0 Å². The molecule has 0 aliphatic heterocycles. The van der Waals surface area contributed by atoms with E-state index in [4.69, 9.17) is 9.47 Å². The van der Waals surface area contributed by atoms with Gasteiger partial charge in [0.1, 0.15) is 5.75 Å². The van der Waals surface area contributed by atoms with E-state index in [-0.39, 0.29) is 6.04 Å². The molecular weight excluding hydrogens is 226 g/mol. The maximum Gasteiger partial charge on any atom is 0.119 e. The molecule has 1 aliphatic rings. The summed E-state index contributed by atoms with van der Waals surface area (Å²) in [6, 6.07) is 8.52. The molecule has 1 atom stereocenters. The lowest BCUT2D eigenvalue weighted by Crippen LogP contribution is -2.28. The summed E-state index contributed by atoms with van der Waals surface area (Å²) >= 11 is 0. The molecule has 1 unspecified atom stereocenters. The van der Waals surface area contributed by atoms with Crippen LogP contribution in [0.4, 0.5) is 0 Å². The summed E-state index contributed by atoms with van der Waals surface area (Å²) in [4.78, 5) is 0. The zero-order valence-electron chi connectivity index (χ0n) is 11.3. The number of likely N-dealkylation sites (N-methyl/N-ethyl adjacent to an activating group) is 1. The molecular formula is C15H23NO2. The van der Waals surface area contributed by atoms with Crippen LogP contribution in [0.25, 0.3) is 0 Å². The Morgan fingerprint density at radius 1 is 1.28 bits per heavy atom. The summed E-state index contributed by atoms with van der Waals surface area (Å²) in [5.41, 5.74) is 1.25. The van der Waals surface area contributed by atoms with Crippen LogP contribution in [0.15, 0.2) is 24.3 Å². The van der Waals surface area contributed by atoms with Gasteiger partial charge < -0.3 is 14.8 Å². The lowest BCUT2D eigenvalue weighted by atomic mass is 9.96. The smallest absolute Gasteiger partial charge is 0.119 e. The third-order valence-electron chi connectivity index (χ3n) is 3.49. The van der Waals surface area contributed by atoms with Gasteiger partial charge in [-0.1, -0.05) is 12.1 Å². The standard InChI is InChI=1S/C15H23NO2/c1-3-17-14-9-7-12(8-10-14)15(16-2)11-18-13-5-4-6-13/h7-10,13,15-16H,3-6,11H2,1-2H3. The third kappa shape index (κ3) is 3.47. The highest BCUT2D eigenvalue weighted by atomic mass is 16.5. The molecule has 0 heterocycles. The van der Waals surface area contributed by atoms with E-state index in [9.17, 15) is 0 Å². The fourth-order valence-electron chi connectivity index (χ4n) is 2.08. The quantitative estimate of drug-likeness (QED) is 0.806. The van der Waals surface area contributed by atoms with E-state index < -0.39 is 0 Å². The molecule has 100 valence electrons. The minimum Gasteiger partial charge on any atom is -0.494 e. The Balaban J connectivity index is 1.89. The summed E-state index contributed by atoms with van der Waals surface area (Å²) in [5.74, 6) is 0.927. The lowest BCUT2D eigenvalue weighted by Gasteiger charge is -2.28. The predicted octanol–water partition coefficient (Wildman–Crippen LogP) is 2.91. The van der Waals surface area contributed by atoms with Gasteiger partial charge in [0.15, 0.2) is 0 Å². The van der Waals surface area contributed by atoms with Crippen LogP contribution in [-0.4, -0.2) is 26.4 Å². The molecule has 1 aliphatic carbocycles. The van der Waals surface area contributed by atoms with Crippen molar-refractivity contribution in [2.75, 3.05) is 20.3 Å². The molecule has 1 fully saturated rings. The van der Waals surface area contributed by atoms with Crippen LogP contribution >= 0.6 is 0 Å². The van der Waals surface area contributed by atoms with Gasteiger partial charge in [0.05, 0.1) is 25.4 Å². The average Bonchev–Trinajstić information content (AvgIpc) is 2.34. The summed E-state index contributed by atoms with van der Waals surface area (Å²) in [7, 11) is 1.98. The molecule has 1 aromatic rings. The van der Waals surface area contributed by atoms with Crippen molar-refractivity contribution in [1.82, 2.24) is 5.32 Å². The monoisotopic (exact) mass is 249 g/mol. The van der Waals surface area contributed by atoms with E-state index in [0.29, 0.717) is 12.7 Å². The largest absolute Gasteiger partial charge is 0.494 e. The highest BCUT2D eigenvalue weighted by Crippen LogP contribution is 2.24. The first-order valence-corrected chi connectivity index (χ1v) is 6.85. The van der Waals surface area contributed by atoms with E-state index in [0.717, 1.165) is 12.4 Å². The van der Waals surface area contributed by atoms with Gasteiger partial charge >= 0.3 is 0 Å². The Morgan fingerprint density at radius 2 is 2.00 bits per heavy atom. The van der Waals surface area contributed by atoms with Crippen LogP contribution in [0.3, 0.4) is 0 Å². The zero-order chi connectivity index (χ0) is 12.8. The third-order valence-corrected chi connectivity index (χ3v) is 3.49. The molecule has 0 aromatic heterocycles. The van der Waals surface area contributed by atoms with Gasteiger partial charge in [-0.2, -0.15) is 0 Å². The maximum absolute atomic E-state index is 5.87. The van der Waals surface area contributed by atoms with Gasteiger partial charge in [0.25, 0.3) is 0 Å². The minimum absolute atomic E-state index is 0.265. The molecule has 0 amide bonds. The highest BCUT2D eigenvalue weighted by Gasteiger charge is 2.19.